The van der Waals surface area contributed by atoms with Crippen LogP contribution in [0.1, 0.15) is 57.9 Å². The van der Waals surface area contributed by atoms with Crippen LogP contribution in [0.3, 0.4) is 0 Å². The molecule has 2 aliphatic heterocycles. The van der Waals surface area contributed by atoms with Gasteiger partial charge in [0.25, 0.3) is 5.91 Å². The molecule has 2 heterocycles. The molecule has 0 aromatic heterocycles. The van der Waals surface area contributed by atoms with Gasteiger partial charge in [-0.15, -0.1) is 0 Å². The molecule has 2 aromatic carbocycles. The maximum atomic E-state index is 13.8. The molecule has 218 valence electrons. The maximum absolute atomic E-state index is 13.8. The Morgan fingerprint density at radius 1 is 1.05 bits per heavy atom. The third-order valence-corrected chi connectivity index (χ3v) is 8.99. The predicted octanol–water partition coefficient (Wildman–Crippen LogP) is 5.63. The van der Waals surface area contributed by atoms with Crippen molar-refractivity contribution < 1.29 is 19.1 Å². The zero-order valence-electron chi connectivity index (χ0n) is 24.0. The molecule has 0 radical (unpaired) electrons. The summed E-state index contributed by atoms with van der Waals surface area (Å²) in [5, 5.41) is 3.42. The van der Waals surface area contributed by atoms with Gasteiger partial charge in [-0.3, -0.25) is 14.5 Å². The number of carbonyl (C=O) groups excluding carboxylic acids is 2. The van der Waals surface area contributed by atoms with Gasteiger partial charge < -0.3 is 19.7 Å². The topological polar surface area (TPSA) is 83.5 Å². The van der Waals surface area contributed by atoms with Gasteiger partial charge >= 0.3 is 0 Å². The van der Waals surface area contributed by atoms with E-state index >= 15 is 0 Å². The smallest absolute Gasteiger partial charge is 0.283 e. The second-order valence-corrected chi connectivity index (χ2v) is 11.7. The average Bonchev–Trinajstić information content (AvgIpc) is 3.31. The molecule has 1 N–H and O–H groups in total. The van der Waals surface area contributed by atoms with Crippen LogP contribution < -0.4 is 19.9 Å². The number of ether oxygens (including phenoxy) is 2. The van der Waals surface area contributed by atoms with E-state index in [1.165, 1.54) is 18.2 Å². The second kappa shape index (κ2) is 14.0. The molecule has 0 unspecified atom stereocenters. The third kappa shape index (κ3) is 7.32. The molecule has 8 nitrogen and oxygen atoms in total. The van der Waals surface area contributed by atoms with Gasteiger partial charge in [0.1, 0.15) is 11.4 Å². The van der Waals surface area contributed by atoms with E-state index in [2.05, 4.69) is 22.3 Å². The normalized spacial score (nSPS) is 19.8. The van der Waals surface area contributed by atoms with Crippen LogP contribution in [-0.4, -0.2) is 61.2 Å². The average molecular weight is 577 g/mol. The number of morpholine rings is 1. The summed E-state index contributed by atoms with van der Waals surface area (Å²) >= 11 is 1.36. The van der Waals surface area contributed by atoms with Crippen LogP contribution >= 0.6 is 11.8 Å². The van der Waals surface area contributed by atoms with E-state index in [9.17, 15) is 9.59 Å². The number of amides is 2. The van der Waals surface area contributed by atoms with Crippen molar-refractivity contribution in [3.8, 4) is 5.75 Å². The minimum Gasteiger partial charge on any atom is -0.494 e. The van der Waals surface area contributed by atoms with E-state index in [-0.39, 0.29) is 23.1 Å². The van der Waals surface area contributed by atoms with Crippen molar-refractivity contribution >= 4 is 46.2 Å². The second-order valence-electron chi connectivity index (χ2n) is 10.5. The van der Waals surface area contributed by atoms with Crippen molar-refractivity contribution in [1.29, 1.82) is 0 Å². The van der Waals surface area contributed by atoms with E-state index in [0.717, 1.165) is 69.0 Å². The van der Waals surface area contributed by atoms with Crippen molar-refractivity contribution in [2.24, 2.45) is 4.99 Å². The summed E-state index contributed by atoms with van der Waals surface area (Å²) in [6.45, 7) is 7.71. The number of thioether (sulfide) groups is 1. The van der Waals surface area contributed by atoms with Crippen molar-refractivity contribution in [2.45, 2.75) is 63.7 Å². The van der Waals surface area contributed by atoms with E-state index < -0.39 is 0 Å². The van der Waals surface area contributed by atoms with Crippen molar-refractivity contribution in [3.63, 3.8) is 0 Å². The fourth-order valence-corrected chi connectivity index (χ4v) is 6.45. The molecule has 2 aromatic rings. The highest BCUT2D eigenvalue weighted by molar-refractivity contribution is 8.15. The van der Waals surface area contributed by atoms with Gasteiger partial charge in [-0.05, 0) is 74.2 Å². The summed E-state index contributed by atoms with van der Waals surface area (Å²) in [5.74, 6) is 0.544. The van der Waals surface area contributed by atoms with Gasteiger partial charge in [0.2, 0.25) is 5.91 Å². The fourth-order valence-electron chi connectivity index (χ4n) is 5.41. The number of aliphatic imine (C=N–C) groups is 1. The Morgan fingerprint density at radius 3 is 2.39 bits per heavy atom. The molecule has 1 saturated heterocycles. The standard InChI is InChI=1S/C32H40N4O4S/c1-3-29(30(37)33-24-8-6-5-7-9-24)41-32-34-28(31(38)36(32)26-14-16-27(17-15-26)40-4-2)22-23-10-12-25(13-11-23)35-18-20-39-21-19-35/h10-17,22,24,29H,3-9,18-21H2,1-2H3,(H,33,37)/b28-22+/t29-/m0/s1. The zero-order valence-corrected chi connectivity index (χ0v) is 24.8. The van der Waals surface area contributed by atoms with E-state index in [0.29, 0.717) is 29.6 Å². The maximum Gasteiger partial charge on any atom is 0.283 e. The Bertz CT molecular complexity index is 1250. The number of nitrogens with one attached hydrogen (secondary N) is 1. The highest BCUT2D eigenvalue weighted by atomic mass is 32.2. The zero-order chi connectivity index (χ0) is 28.6. The molecule has 1 atom stereocenters. The first kappa shape index (κ1) is 29.2. The van der Waals surface area contributed by atoms with E-state index in [1.807, 2.05) is 56.3 Å². The van der Waals surface area contributed by atoms with Gasteiger partial charge in [-0.2, -0.15) is 0 Å². The molecule has 3 aliphatic rings. The van der Waals surface area contributed by atoms with Crippen LogP contribution in [0.25, 0.3) is 6.08 Å². The van der Waals surface area contributed by atoms with E-state index in [4.69, 9.17) is 14.5 Å². The van der Waals surface area contributed by atoms with E-state index in [1.54, 1.807) is 4.90 Å². The predicted molar refractivity (Wildman–Crippen MR) is 167 cm³/mol. The summed E-state index contributed by atoms with van der Waals surface area (Å²) in [4.78, 5) is 35.8. The van der Waals surface area contributed by atoms with Crippen molar-refractivity contribution in [1.82, 2.24) is 5.32 Å². The summed E-state index contributed by atoms with van der Waals surface area (Å²) in [6.07, 6.45) is 8.06. The largest absolute Gasteiger partial charge is 0.494 e. The molecule has 1 aliphatic carbocycles. The summed E-state index contributed by atoms with van der Waals surface area (Å²) in [5.41, 5.74) is 3.08. The number of hydrogen-bond donors (Lipinski definition) is 1. The third-order valence-electron chi connectivity index (χ3n) is 7.67. The van der Waals surface area contributed by atoms with Gasteiger partial charge in [-0.25, -0.2) is 4.99 Å². The molecule has 2 fully saturated rings. The number of nitrogens with zero attached hydrogens (tertiary/aromatic N) is 3. The molecule has 0 spiro atoms. The molecule has 5 rings (SSSR count). The molecule has 0 bridgehead atoms. The Kier molecular flexibility index (Phi) is 10.0. The number of carbonyl (C=O) groups is 2. The molecule has 9 heteroatoms. The number of benzene rings is 2. The highest BCUT2D eigenvalue weighted by Gasteiger charge is 2.35. The first-order chi connectivity index (χ1) is 20.1. The summed E-state index contributed by atoms with van der Waals surface area (Å²) in [6, 6.07) is 15.8. The molecular weight excluding hydrogens is 536 g/mol. The van der Waals surface area contributed by atoms with Crippen LogP contribution in [0.2, 0.25) is 0 Å². The van der Waals surface area contributed by atoms with Crippen LogP contribution in [0.4, 0.5) is 11.4 Å². The van der Waals surface area contributed by atoms with Gasteiger partial charge in [0.05, 0.1) is 30.8 Å². The fraction of sp³-hybridized carbons (Fsp3) is 0.469. The summed E-state index contributed by atoms with van der Waals surface area (Å²) in [7, 11) is 0. The van der Waals surface area contributed by atoms with Crippen LogP contribution in [-0.2, 0) is 14.3 Å². The quantitative estimate of drug-likeness (QED) is 0.390. The van der Waals surface area contributed by atoms with Crippen LogP contribution in [0.15, 0.2) is 59.2 Å². The Balaban J connectivity index is 1.38. The Labute approximate surface area is 247 Å². The lowest BCUT2D eigenvalue weighted by molar-refractivity contribution is -0.121. The lowest BCUT2D eigenvalue weighted by Crippen LogP contribution is -2.42. The highest BCUT2D eigenvalue weighted by Crippen LogP contribution is 2.33. The minimum absolute atomic E-state index is 0.0160. The first-order valence-corrected chi connectivity index (χ1v) is 15.7. The molecule has 41 heavy (non-hydrogen) atoms. The number of anilines is 2. The van der Waals surface area contributed by atoms with Gasteiger partial charge in [0.15, 0.2) is 5.17 Å². The van der Waals surface area contributed by atoms with Crippen molar-refractivity contribution in [3.05, 3.63) is 59.8 Å². The van der Waals surface area contributed by atoms with Crippen LogP contribution in [0.5, 0.6) is 5.75 Å². The molecule has 1 saturated carbocycles. The SMILES string of the molecule is CCOc1ccc(N2C(=O)/C(=C\c3ccc(N4CCOCC4)cc3)N=C2S[C@@H](CC)C(=O)NC2CCCCC2)cc1. The summed E-state index contributed by atoms with van der Waals surface area (Å²) < 4.78 is 11.1. The number of rotatable bonds is 9. The van der Waals surface area contributed by atoms with Gasteiger partial charge in [0, 0.05) is 24.8 Å². The Morgan fingerprint density at radius 2 is 1.73 bits per heavy atom. The molecular formula is C32H40N4O4S. The lowest BCUT2D eigenvalue weighted by Gasteiger charge is -2.28. The number of amidine groups is 1. The number of hydrogen-bond acceptors (Lipinski definition) is 7. The monoisotopic (exact) mass is 576 g/mol. The Hall–Kier alpha value is -3.30. The molecule has 2 amide bonds. The lowest BCUT2D eigenvalue weighted by atomic mass is 9.95. The van der Waals surface area contributed by atoms with Crippen molar-refractivity contribution in [2.75, 3.05) is 42.7 Å². The van der Waals surface area contributed by atoms with Gasteiger partial charge in [-0.1, -0.05) is 50.1 Å². The first-order valence-electron chi connectivity index (χ1n) is 14.8. The van der Waals surface area contributed by atoms with Crippen LogP contribution in [0, 0.1) is 0 Å². The minimum atomic E-state index is -0.346.